The van der Waals surface area contributed by atoms with Crippen LogP contribution >= 0.6 is 0 Å². The summed E-state index contributed by atoms with van der Waals surface area (Å²) in [6.45, 7) is 2.24. The fraction of sp³-hybridized carbons (Fsp3) is 0.500. The fourth-order valence-electron chi connectivity index (χ4n) is 2.64. The SMILES string of the molecule is CCOC(=O)C1CCC(NC(=O)c2ccc(N)cc2)CC1. The lowest BCUT2D eigenvalue weighted by atomic mass is 9.86. The van der Waals surface area contributed by atoms with Crippen LogP contribution in [0.15, 0.2) is 24.3 Å². The minimum atomic E-state index is -0.110. The van der Waals surface area contributed by atoms with Crippen molar-refractivity contribution in [1.82, 2.24) is 5.32 Å². The van der Waals surface area contributed by atoms with Crippen molar-refractivity contribution in [2.45, 2.75) is 38.6 Å². The van der Waals surface area contributed by atoms with Crippen LogP contribution in [-0.2, 0) is 9.53 Å². The molecule has 0 aromatic heterocycles. The van der Waals surface area contributed by atoms with Gasteiger partial charge in [0.25, 0.3) is 5.91 Å². The molecule has 1 aliphatic rings. The number of anilines is 1. The monoisotopic (exact) mass is 290 g/mol. The first-order valence-corrected chi connectivity index (χ1v) is 7.43. The van der Waals surface area contributed by atoms with Crippen molar-refractivity contribution in [2.24, 2.45) is 5.92 Å². The van der Waals surface area contributed by atoms with Gasteiger partial charge in [-0.25, -0.2) is 0 Å². The van der Waals surface area contributed by atoms with Crippen molar-refractivity contribution in [3.63, 3.8) is 0 Å². The van der Waals surface area contributed by atoms with Crippen LogP contribution in [0, 0.1) is 5.92 Å². The normalized spacial score (nSPS) is 21.6. The van der Waals surface area contributed by atoms with Crippen LogP contribution in [0.25, 0.3) is 0 Å². The van der Waals surface area contributed by atoms with Gasteiger partial charge >= 0.3 is 5.97 Å². The minimum absolute atomic E-state index is 0.0189. The number of nitrogen functional groups attached to an aromatic ring is 1. The van der Waals surface area contributed by atoms with Crippen LogP contribution in [0.3, 0.4) is 0 Å². The third-order valence-electron chi connectivity index (χ3n) is 3.86. The lowest BCUT2D eigenvalue weighted by Crippen LogP contribution is -2.39. The van der Waals surface area contributed by atoms with Crippen LogP contribution in [-0.4, -0.2) is 24.5 Å². The lowest BCUT2D eigenvalue weighted by Gasteiger charge is -2.27. The van der Waals surface area contributed by atoms with Crippen LogP contribution in [0.2, 0.25) is 0 Å². The number of nitrogens with one attached hydrogen (secondary N) is 1. The van der Waals surface area contributed by atoms with Gasteiger partial charge in [-0.05, 0) is 56.9 Å². The molecule has 1 amide bonds. The molecule has 1 aromatic rings. The van der Waals surface area contributed by atoms with Gasteiger partial charge in [-0.1, -0.05) is 0 Å². The molecule has 5 nitrogen and oxygen atoms in total. The number of benzene rings is 1. The van der Waals surface area contributed by atoms with Gasteiger partial charge in [-0.3, -0.25) is 9.59 Å². The number of hydrogen-bond acceptors (Lipinski definition) is 4. The second-order valence-corrected chi connectivity index (χ2v) is 5.40. The molecule has 0 atom stereocenters. The average molecular weight is 290 g/mol. The van der Waals surface area contributed by atoms with E-state index < -0.39 is 0 Å². The molecular weight excluding hydrogens is 268 g/mol. The van der Waals surface area contributed by atoms with E-state index >= 15 is 0 Å². The zero-order valence-electron chi connectivity index (χ0n) is 12.3. The van der Waals surface area contributed by atoms with E-state index in [1.165, 1.54) is 0 Å². The van der Waals surface area contributed by atoms with E-state index in [0.717, 1.165) is 25.7 Å². The van der Waals surface area contributed by atoms with E-state index in [1.807, 2.05) is 6.92 Å². The average Bonchev–Trinajstić information content (AvgIpc) is 2.49. The van der Waals surface area contributed by atoms with Gasteiger partial charge in [0.15, 0.2) is 0 Å². The summed E-state index contributed by atoms with van der Waals surface area (Å²) in [5.41, 5.74) is 6.85. The summed E-state index contributed by atoms with van der Waals surface area (Å²) >= 11 is 0. The molecule has 1 aromatic carbocycles. The molecule has 21 heavy (non-hydrogen) atoms. The number of ether oxygens (including phenoxy) is 1. The second-order valence-electron chi connectivity index (χ2n) is 5.40. The minimum Gasteiger partial charge on any atom is -0.466 e. The Labute approximate surface area is 124 Å². The summed E-state index contributed by atoms with van der Waals surface area (Å²) in [4.78, 5) is 23.8. The van der Waals surface area contributed by atoms with Gasteiger partial charge in [0, 0.05) is 17.3 Å². The van der Waals surface area contributed by atoms with Crippen LogP contribution in [0.1, 0.15) is 43.0 Å². The first kappa shape index (κ1) is 15.4. The quantitative estimate of drug-likeness (QED) is 0.657. The Morgan fingerprint density at radius 1 is 1.19 bits per heavy atom. The number of carbonyl (C=O) groups is 2. The molecule has 1 saturated carbocycles. The maximum absolute atomic E-state index is 12.1. The standard InChI is InChI=1S/C16H22N2O3/c1-2-21-16(20)12-5-9-14(10-6-12)18-15(19)11-3-7-13(17)8-4-11/h3-4,7-8,12,14H,2,5-6,9-10,17H2,1H3,(H,18,19). The summed E-state index contributed by atoms with van der Waals surface area (Å²) in [6.07, 6.45) is 3.16. The van der Waals surface area contributed by atoms with Gasteiger partial charge < -0.3 is 15.8 Å². The van der Waals surface area contributed by atoms with Gasteiger partial charge in [0.1, 0.15) is 0 Å². The number of rotatable bonds is 4. The van der Waals surface area contributed by atoms with Crippen molar-refractivity contribution < 1.29 is 14.3 Å². The summed E-state index contributed by atoms with van der Waals surface area (Å²) in [6, 6.07) is 6.99. The Morgan fingerprint density at radius 3 is 2.38 bits per heavy atom. The first-order valence-electron chi connectivity index (χ1n) is 7.43. The van der Waals surface area contributed by atoms with E-state index in [-0.39, 0.29) is 23.8 Å². The van der Waals surface area contributed by atoms with Crippen LogP contribution in [0.4, 0.5) is 5.69 Å². The molecular formula is C16H22N2O3. The molecule has 1 aliphatic carbocycles. The Morgan fingerprint density at radius 2 is 1.81 bits per heavy atom. The maximum Gasteiger partial charge on any atom is 0.308 e. The topological polar surface area (TPSA) is 81.4 Å². The van der Waals surface area contributed by atoms with Gasteiger partial charge in [0.05, 0.1) is 12.5 Å². The first-order chi connectivity index (χ1) is 10.1. The molecule has 0 unspecified atom stereocenters. The molecule has 0 aliphatic heterocycles. The number of amides is 1. The van der Waals surface area contributed by atoms with Crippen molar-refractivity contribution >= 4 is 17.6 Å². The predicted molar refractivity (Wildman–Crippen MR) is 80.7 cm³/mol. The molecule has 3 N–H and O–H groups in total. The summed E-state index contributed by atoms with van der Waals surface area (Å²) < 4.78 is 5.04. The molecule has 1 fully saturated rings. The summed E-state index contributed by atoms with van der Waals surface area (Å²) in [5.74, 6) is -0.218. The summed E-state index contributed by atoms with van der Waals surface area (Å²) in [7, 11) is 0. The van der Waals surface area contributed by atoms with Crippen molar-refractivity contribution in [1.29, 1.82) is 0 Å². The highest BCUT2D eigenvalue weighted by Gasteiger charge is 2.28. The molecule has 0 radical (unpaired) electrons. The van der Waals surface area contributed by atoms with Crippen molar-refractivity contribution in [3.05, 3.63) is 29.8 Å². The zero-order valence-corrected chi connectivity index (χ0v) is 12.3. The van der Waals surface area contributed by atoms with Gasteiger partial charge in [-0.2, -0.15) is 0 Å². The van der Waals surface area contributed by atoms with Crippen LogP contribution < -0.4 is 11.1 Å². The Bertz CT molecular complexity index is 491. The highest BCUT2D eigenvalue weighted by molar-refractivity contribution is 5.94. The molecule has 5 heteroatoms. The maximum atomic E-state index is 12.1. The van der Waals surface area contributed by atoms with Crippen molar-refractivity contribution in [2.75, 3.05) is 12.3 Å². The summed E-state index contributed by atoms with van der Waals surface area (Å²) in [5, 5.41) is 3.01. The van der Waals surface area contributed by atoms with E-state index in [0.29, 0.717) is 17.9 Å². The Kier molecular flexibility index (Phi) is 5.20. The number of esters is 1. The smallest absolute Gasteiger partial charge is 0.308 e. The molecule has 0 heterocycles. The highest BCUT2D eigenvalue weighted by Crippen LogP contribution is 2.25. The lowest BCUT2D eigenvalue weighted by molar-refractivity contribution is -0.149. The van der Waals surface area contributed by atoms with Gasteiger partial charge in [0.2, 0.25) is 0 Å². The van der Waals surface area contributed by atoms with E-state index in [1.54, 1.807) is 24.3 Å². The predicted octanol–water partition coefficient (Wildman–Crippen LogP) is 2.12. The Hall–Kier alpha value is -2.04. The fourth-order valence-corrected chi connectivity index (χ4v) is 2.64. The van der Waals surface area contributed by atoms with Gasteiger partial charge in [-0.15, -0.1) is 0 Å². The van der Waals surface area contributed by atoms with Crippen molar-refractivity contribution in [3.8, 4) is 0 Å². The van der Waals surface area contributed by atoms with E-state index in [4.69, 9.17) is 10.5 Å². The highest BCUT2D eigenvalue weighted by atomic mass is 16.5. The molecule has 114 valence electrons. The molecule has 0 bridgehead atoms. The molecule has 2 rings (SSSR count). The number of carbonyl (C=O) groups excluding carboxylic acids is 2. The third-order valence-corrected chi connectivity index (χ3v) is 3.86. The second kappa shape index (κ2) is 7.11. The largest absolute Gasteiger partial charge is 0.466 e. The van der Waals surface area contributed by atoms with E-state index in [9.17, 15) is 9.59 Å². The number of nitrogens with two attached hydrogens (primary N) is 1. The molecule has 0 saturated heterocycles. The third kappa shape index (κ3) is 4.21. The van der Waals surface area contributed by atoms with Crippen LogP contribution in [0.5, 0.6) is 0 Å². The Balaban J connectivity index is 1.82. The van der Waals surface area contributed by atoms with E-state index in [2.05, 4.69) is 5.32 Å². The molecule has 0 spiro atoms. The number of hydrogen-bond donors (Lipinski definition) is 2. The zero-order chi connectivity index (χ0) is 15.2.